The van der Waals surface area contributed by atoms with E-state index < -0.39 is 0 Å². The second kappa shape index (κ2) is 5.64. The normalized spacial score (nSPS) is 18.1. The summed E-state index contributed by atoms with van der Waals surface area (Å²) in [7, 11) is 1.62. The summed E-state index contributed by atoms with van der Waals surface area (Å²) in [6, 6.07) is 0. The number of nitrogen functional groups attached to an aromatic ring is 1. The maximum Gasteiger partial charge on any atom is 0.177 e. The number of ether oxygens (including phenoxy) is 1. The van der Waals surface area contributed by atoms with Crippen molar-refractivity contribution >= 4 is 27.8 Å². The highest BCUT2D eigenvalue weighted by molar-refractivity contribution is 7.19. The van der Waals surface area contributed by atoms with Crippen LogP contribution in [0.2, 0.25) is 0 Å². The lowest BCUT2D eigenvalue weighted by atomic mass is 9.84. The van der Waals surface area contributed by atoms with Gasteiger partial charge in [0.15, 0.2) is 11.5 Å². The third-order valence-corrected chi connectivity index (χ3v) is 5.14. The molecular formula is C15H24N2O2S. The third-order valence-electron chi connectivity index (χ3n) is 3.85. The number of carbonyl (C=O) groups excluding carboxylic acids is 1. The minimum Gasteiger partial charge on any atom is -0.492 e. The fourth-order valence-electron chi connectivity index (χ4n) is 2.79. The van der Waals surface area contributed by atoms with E-state index >= 15 is 0 Å². The molecule has 2 N–H and O–H groups in total. The zero-order valence-corrected chi connectivity index (χ0v) is 13.6. The number of carbonyl (C=O) groups is 1. The molecule has 112 valence electrons. The number of anilines is 2. The number of nitrogens with zero attached hydrogens (tertiary/aromatic N) is 1. The molecule has 2 heterocycles. The average molecular weight is 296 g/mol. The first kappa shape index (κ1) is 15.2. The smallest absolute Gasteiger partial charge is 0.177 e. The van der Waals surface area contributed by atoms with Gasteiger partial charge in [0.1, 0.15) is 5.00 Å². The molecular weight excluding hydrogens is 272 g/mol. The number of methoxy groups -OCH3 is 1. The predicted molar refractivity (Wildman–Crippen MR) is 85.1 cm³/mol. The van der Waals surface area contributed by atoms with Crippen molar-refractivity contribution in [3.8, 4) is 5.75 Å². The second-order valence-electron chi connectivity index (χ2n) is 6.15. The van der Waals surface area contributed by atoms with Gasteiger partial charge in [-0.2, -0.15) is 0 Å². The quantitative estimate of drug-likeness (QED) is 0.863. The number of rotatable bonds is 4. The van der Waals surface area contributed by atoms with Gasteiger partial charge in [0, 0.05) is 19.5 Å². The summed E-state index contributed by atoms with van der Waals surface area (Å²) in [5, 5.41) is 1.01. The lowest BCUT2D eigenvalue weighted by Gasteiger charge is -2.38. The lowest BCUT2D eigenvalue weighted by molar-refractivity contribution is 0.0992. The summed E-state index contributed by atoms with van der Waals surface area (Å²) in [4.78, 5) is 14.9. The highest BCUT2D eigenvalue weighted by atomic mass is 32.1. The van der Waals surface area contributed by atoms with Gasteiger partial charge in [0.2, 0.25) is 0 Å². The molecule has 4 nitrogen and oxygen atoms in total. The van der Waals surface area contributed by atoms with Crippen LogP contribution in [-0.4, -0.2) is 26.0 Å². The van der Waals surface area contributed by atoms with Gasteiger partial charge in [-0.1, -0.05) is 20.8 Å². The molecule has 1 aliphatic heterocycles. The molecule has 0 unspecified atom stereocenters. The Morgan fingerprint density at radius 3 is 2.75 bits per heavy atom. The summed E-state index contributed by atoms with van der Waals surface area (Å²) in [5.74, 6) is 0.762. The first-order valence-corrected chi connectivity index (χ1v) is 7.95. The van der Waals surface area contributed by atoms with Crippen molar-refractivity contribution in [1.82, 2.24) is 0 Å². The molecule has 0 aliphatic carbocycles. The van der Waals surface area contributed by atoms with Crippen molar-refractivity contribution in [2.24, 2.45) is 5.41 Å². The fourth-order valence-corrected chi connectivity index (χ4v) is 4.01. The largest absolute Gasteiger partial charge is 0.492 e. The minimum absolute atomic E-state index is 0.0910. The lowest BCUT2D eigenvalue weighted by Crippen LogP contribution is -2.39. The molecule has 20 heavy (non-hydrogen) atoms. The van der Waals surface area contributed by atoms with E-state index in [2.05, 4.69) is 18.7 Å². The number of hydrogen-bond donors (Lipinski definition) is 1. The summed E-state index contributed by atoms with van der Waals surface area (Å²) in [6.45, 7) is 8.39. The van der Waals surface area contributed by atoms with E-state index in [1.807, 2.05) is 6.92 Å². The van der Waals surface area contributed by atoms with Gasteiger partial charge in [0.25, 0.3) is 0 Å². The van der Waals surface area contributed by atoms with E-state index in [0.29, 0.717) is 22.7 Å². The molecule has 1 saturated heterocycles. The van der Waals surface area contributed by atoms with E-state index in [0.717, 1.165) is 24.5 Å². The SMILES string of the molecule is CCC(=O)c1sc(N2CCCC(C)(C)C2)c(OC)c1N. The Morgan fingerprint density at radius 1 is 1.50 bits per heavy atom. The van der Waals surface area contributed by atoms with Crippen molar-refractivity contribution in [3.05, 3.63) is 4.88 Å². The Balaban J connectivity index is 2.38. The van der Waals surface area contributed by atoms with Crippen LogP contribution in [0.3, 0.4) is 0 Å². The Hall–Kier alpha value is -1.23. The van der Waals surface area contributed by atoms with Crippen LogP contribution >= 0.6 is 11.3 Å². The number of Topliss-reactive ketones (excluding diaryl/α,β-unsaturated/α-hetero) is 1. The molecule has 0 atom stereocenters. The van der Waals surface area contributed by atoms with Crippen LogP contribution in [0, 0.1) is 5.41 Å². The van der Waals surface area contributed by atoms with Crippen molar-refractivity contribution in [1.29, 1.82) is 0 Å². The minimum atomic E-state index is 0.0910. The molecule has 0 radical (unpaired) electrons. The van der Waals surface area contributed by atoms with Crippen molar-refractivity contribution in [3.63, 3.8) is 0 Å². The summed E-state index contributed by atoms with van der Waals surface area (Å²) in [6.07, 6.45) is 2.86. The highest BCUT2D eigenvalue weighted by Gasteiger charge is 2.31. The van der Waals surface area contributed by atoms with Crippen LogP contribution < -0.4 is 15.4 Å². The van der Waals surface area contributed by atoms with E-state index in [1.165, 1.54) is 17.8 Å². The monoisotopic (exact) mass is 296 g/mol. The van der Waals surface area contributed by atoms with Gasteiger partial charge >= 0.3 is 0 Å². The average Bonchev–Trinajstić information content (AvgIpc) is 2.73. The van der Waals surface area contributed by atoms with Crippen LogP contribution in [0.4, 0.5) is 10.7 Å². The van der Waals surface area contributed by atoms with Crippen molar-refractivity contribution < 1.29 is 9.53 Å². The Morgan fingerprint density at radius 2 is 2.20 bits per heavy atom. The zero-order valence-electron chi connectivity index (χ0n) is 12.8. The molecule has 0 bridgehead atoms. The molecule has 1 aliphatic rings. The summed E-state index contributed by atoms with van der Waals surface area (Å²) in [5.41, 5.74) is 6.89. The highest BCUT2D eigenvalue weighted by Crippen LogP contribution is 2.47. The first-order valence-electron chi connectivity index (χ1n) is 7.14. The van der Waals surface area contributed by atoms with Gasteiger partial charge in [0.05, 0.1) is 17.7 Å². The van der Waals surface area contributed by atoms with Gasteiger partial charge in [-0.3, -0.25) is 4.79 Å². The van der Waals surface area contributed by atoms with Crippen LogP contribution in [0.1, 0.15) is 49.7 Å². The predicted octanol–water partition coefficient (Wildman–Crippen LogP) is 3.56. The topological polar surface area (TPSA) is 55.6 Å². The maximum absolute atomic E-state index is 12.0. The summed E-state index contributed by atoms with van der Waals surface area (Å²) >= 11 is 1.48. The number of hydrogen-bond acceptors (Lipinski definition) is 5. The first-order chi connectivity index (χ1) is 9.39. The molecule has 0 saturated carbocycles. The van der Waals surface area contributed by atoms with Gasteiger partial charge in [-0.15, -0.1) is 11.3 Å². The van der Waals surface area contributed by atoms with Crippen LogP contribution in [-0.2, 0) is 0 Å². The van der Waals surface area contributed by atoms with E-state index in [-0.39, 0.29) is 11.2 Å². The molecule has 1 aromatic heterocycles. The summed E-state index contributed by atoms with van der Waals surface area (Å²) < 4.78 is 5.46. The molecule has 0 amide bonds. The maximum atomic E-state index is 12.0. The van der Waals surface area contributed by atoms with E-state index in [4.69, 9.17) is 10.5 Å². The number of nitrogens with two attached hydrogens (primary N) is 1. The van der Waals surface area contributed by atoms with Crippen LogP contribution in [0.15, 0.2) is 0 Å². The van der Waals surface area contributed by atoms with Gasteiger partial charge < -0.3 is 15.4 Å². The van der Waals surface area contributed by atoms with Crippen molar-refractivity contribution in [2.75, 3.05) is 30.8 Å². The Kier molecular flexibility index (Phi) is 4.28. The van der Waals surface area contributed by atoms with Gasteiger partial charge in [-0.25, -0.2) is 0 Å². The number of ketones is 1. The Bertz CT molecular complexity index is 508. The number of thiophene rings is 1. The third kappa shape index (κ3) is 2.77. The van der Waals surface area contributed by atoms with Gasteiger partial charge in [-0.05, 0) is 18.3 Å². The van der Waals surface area contributed by atoms with Crippen LogP contribution in [0.25, 0.3) is 0 Å². The van der Waals surface area contributed by atoms with E-state index in [1.54, 1.807) is 7.11 Å². The Labute approximate surface area is 124 Å². The molecule has 5 heteroatoms. The molecule has 0 aromatic carbocycles. The van der Waals surface area contributed by atoms with Crippen LogP contribution in [0.5, 0.6) is 5.75 Å². The van der Waals surface area contributed by atoms with Crippen molar-refractivity contribution in [2.45, 2.75) is 40.0 Å². The molecule has 0 spiro atoms. The molecule has 1 fully saturated rings. The molecule has 2 rings (SSSR count). The fraction of sp³-hybridized carbons (Fsp3) is 0.667. The molecule has 1 aromatic rings. The van der Waals surface area contributed by atoms with E-state index in [9.17, 15) is 4.79 Å². The second-order valence-corrected chi connectivity index (χ2v) is 7.15. The standard InChI is InChI=1S/C15H24N2O2S/c1-5-10(18)13-11(16)12(19-4)14(20-13)17-8-6-7-15(2,3)9-17/h5-9,16H2,1-4H3. The number of piperidine rings is 1. The zero-order chi connectivity index (χ0) is 14.9.